The number of amides is 1. The quantitative estimate of drug-likeness (QED) is 0.681. The summed E-state index contributed by atoms with van der Waals surface area (Å²) in [5.74, 6) is 0.330. The Balaban J connectivity index is 0. The lowest BCUT2D eigenvalue weighted by molar-refractivity contribution is -0.123. The largest absolute Gasteiger partial charge is 0.354 e. The first kappa shape index (κ1) is 12.1. The third-order valence-electron chi connectivity index (χ3n) is 1.95. The fraction of sp³-hybridized carbons (Fsp3) is 0.800. The topological polar surface area (TPSA) is 46.2 Å². The van der Waals surface area contributed by atoms with E-state index >= 15 is 0 Å². The average molecular weight is 187 g/mol. The van der Waals surface area contributed by atoms with Crippen LogP contribution < -0.4 is 5.32 Å². The molecule has 0 saturated heterocycles. The zero-order chi connectivity index (χ0) is 10.3. The number of hydrogen-bond donors (Lipinski definition) is 1. The van der Waals surface area contributed by atoms with Crippen molar-refractivity contribution in [1.29, 1.82) is 0 Å². The SMILES string of the molecule is CC.CC(=O)NC1CCC(=O)CC1.[HH]. The Kier molecular flexibility index (Phi) is 6.20. The Labute approximate surface area is 81.4 Å². The summed E-state index contributed by atoms with van der Waals surface area (Å²) in [6.45, 7) is 5.51. The molecule has 13 heavy (non-hydrogen) atoms. The van der Waals surface area contributed by atoms with Gasteiger partial charge in [0.2, 0.25) is 5.91 Å². The van der Waals surface area contributed by atoms with Crippen LogP contribution in [0, 0.1) is 0 Å². The van der Waals surface area contributed by atoms with Gasteiger partial charge >= 0.3 is 0 Å². The minimum atomic E-state index is 0. The maximum atomic E-state index is 10.8. The molecule has 0 atom stereocenters. The number of nitrogens with one attached hydrogen (secondary N) is 1. The molecule has 0 unspecified atom stereocenters. The van der Waals surface area contributed by atoms with Crippen LogP contribution in [-0.2, 0) is 9.59 Å². The second-order valence-corrected chi connectivity index (χ2v) is 3.01. The maximum absolute atomic E-state index is 10.8. The van der Waals surface area contributed by atoms with Crippen molar-refractivity contribution in [3.05, 3.63) is 0 Å². The smallest absolute Gasteiger partial charge is 0.217 e. The molecule has 1 amide bonds. The van der Waals surface area contributed by atoms with Gasteiger partial charge in [-0.2, -0.15) is 0 Å². The van der Waals surface area contributed by atoms with Gasteiger partial charge in [-0.25, -0.2) is 0 Å². The van der Waals surface area contributed by atoms with E-state index in [1.807, 2.05) is 13.8 Å². The summed E-state index contributed by atoms with van der Waals surface area (Å²) in [6.07, 6.45) is 2.90. The van der Waals surface area contributed by atoms with Gasteiger partial charge in [-0.1, -0.05) is 13.8 Å². The van der Waals surface area contributed by atoms with Crippen LogP contribution in [0.25, 0.3) is 0 Å². The van der Waals surface area contributed by atoms with E-state index in [4.69, 9.17) is 0 Å². The van der Waals surface area contributed by atoms with Gasteiger partial charge in [-0.05, 0) is 12.8 Å². The van der Waals surface area contributed by atoms with Crippen LogP contribution in [0.1, 0.15) is 47.9 Å². The number of carbonyl (C=O) groups excluding carboxylic acids is 2. The van der Waals surface area contributed by atoms with Gasteiger partial charge in [0, 0.05) is 27.2 Å². The number of ketones is 1. The summed E-state index contributed by atoms with van der Waals surface area (Å²) < 4.78 is 0. The van der Waals surface area contributed by atoms with Crippen molar-refractivity contribution in [2.45, 2.75) is 52.5 Å². The summed E-state index contributed by atoms with van der Waals surface area (Å²) in [6, 6.07) is 0.241. The molecule has 0 aromatic carbocycles. The fourth-order valence-electron chi connectivity index (χ4n) is 1.37. The van der Waals surface area contributed by atoms with Crippen molar-refractivity contribution in [3.63, 3.8) is 0 Å². The third kappa shape index (κ3) is 5.39. The van der Waals surface area contributed by atoms with Gasteiger partial charge in [0.1, 0.15) is 5.78 Å². The lowest BCUT2D eigenvalue weighted by Gasteiger charge is -2.21. The lowest BCUT2D eigenvalue weighted by Crippen LogP contribution is -2.36. The van der Waals surface area contributed by atoms with Crippen LogP contribution in [0.2, 0.25) is 0 Å². The highest BCUT2D eigenvalue weighted by Crippen LogP contribution is 2.14. The van der Waals surface area contributed by atoms with Crippen LogP contribution in [0.5, 0.6) is 0 Å². The molecule has 0 spiro atoms. The molecule has 1 saturated carbocycles. The van der Waals surface area contributed by atoms with Gasteiger partial charge in [0.15, 0.2) is 0 Å². The standard InChI is InChI=1S/C8H13NO2.C2H6.H2/c1-6(10)9-7-2-4-8(11)5-3-7;1-2;/h7H,2-5H2,1H3,(H,9,10);1-2H3;1H. The summed E-state index contributed by atoms with van der Waals surface area (Å²) in [5.41, 5.74) is 0. The molecule has 1 aliphatic carbocycles. The Bertz CT molecular complexity index is 173. The van der Waals surface area contributed by atoms with Gasteiger partial charge in [0.25, 0.3) is 0 Å². The molecule has 0 aliphatic heterocycles. The second kappa shape index (κ2) is 6.63. The molecule has 3 nitrogen and oxygen atoms in total. The molecule has 1 rings (SSSR count). The highest BCUT2D eigenvalue weighted by molar-refractivity contribution is 5.79. The molecule has 0 aromatic rings. The van der Waals surface area contributed by atoms with Crippen molar-refractivity contribution >= 4 is 11.7 Å². The molecule has 0 radical (unpaired) electrons. The Morgan fingerprint density at radius 1 is 1.38 bits per heavy atom. The molecular weight excluding hydrogens is 166 g/mol. The van der Waals surface area contributed by atoms with Crippen molar-refractivity contribution in [2.75, 3.05) is 0 Å². The fourth-order valence-corrected chi connectivity index (χ4v) is 1.37. The third-order valence-corrected chi connectivity index (χ3v) is 1.95. The molecule has 1 N–H and O–H groups in total. The van der Waals surface area contributed by atoms with Gasteiger partial charge in [-0.3, -0.25) is 9.59 Å². The van der Waals surface area contributed by atoms with Crippen LogP contribution in [0.4, 0.5) is 0 Å². The molecule has 1 fully saturated rings. The highest BCUT2D eigenvalue weighted by atomic mass is 16.1. The average Bonchev–Trinajstić information content (AvgIpc) is 2.12. The van der Waals surface area contributed by atoms with E-state index in [0.29, 0.717) is 18.6 Å². The Morgan fingerprint density at radius 3 is 2.23 bits per heavy atom. The molecule has 0 heterocycles. The predicted octanol–water partition coefficient (Wildman–Crippen LogP) is 1.91. The van der Waals surface area contributed by atoms with Crippen LogP contribution in [0.3, 0.4) is 0 Å². The molecule has 1 aliphatic rings. The summed E-state index contributed by atoms with van der Waals surface area (Å²) >= 11 is 0. The molecule has 0 aromatic heterocycles. The van der Waals surface area contributed by atoms with E-state index in [9.17, 15) is 9.59 Å². The van der Waals surface area contributed by atoms with Gasteiger partial charge in [-0.15, -0.1) is 0 Å². The van der Waals surface area contributed by atoms with Crippen LogP contribution in [-0.4, -0.2) is 17.7 Å². The lowest BCUT2D eigenvalue weighted by atomic mass is 9.94. The van der Waals surface area contributed by atoms with E-state index in [1.165, 1.54) is 6.92 Å². The van der Waals surface area contributed by atoms with Gasteiger partial charge in [0.05, 0.1) is 0 Å². The van der Waals surface area contributed by atoms with Crippen LogP contribution >= 0.6 is 0 Å². The summed E-state index contributed by atoms with van der Waals surface area (Å²) in [5, 5.41) is 2.81. The summed E-state index contributed by atoms with van der Waals surface area (Å²) in [4.78, 5) is 21.4. The molecular formula is C10H21NO2. The van der Waals surface area contributed by atoms with E-state index in [0.717, 1.165) is 12.8 Å². The van der Waals surface area contributed by atoms with E-state index in [2.05, 4.69) is 5.32 Å². The monoisotopic (exact) mass is 187 g/mol. The number of rotatable bonds is 1. The number of carbonyl (C=O) groups is 2. The normalized spacial score (nSPS) is 17.3. The van der Waals surface area contributed by atoms with Crippen molar-refractivity contribution < 1.29 is 11.0 Å². The minimum Gasteiger partial charge on any atom is -0.354 e. The van der Waals surface area contributed by atoms with E-state index in [1.54, 1.807) is 0 Å². The molecule has 3 heteroatoms. The number of Topliss-reactive ketones (excluding diaryl/α,β-unsaturated/α-hetero) is 1. The Hall–Kier alpha value is -0.860. The molecule has 0 bridgehead atoms. The first-order chi connectivity index (χ1) is 6.18. The predicted molar refractivity (Wildman–Crippen MR) is 54.5 cm³/mol. The zero-order valence-electron chi connectivity index (χ0n) is 8.72. The molecule has 78 valence electrons. The maximum Gasteiger partial charge on any atom is 0.217 e. The summed E-state index contributed by atoms with van der Waals surface area (Å²) in [7, 11) is 0. The number of hydrogen-bond acceptors (Lipinski definition) is 2. The second-order valence-electron chi connectivity index (χ2n) is 3.01. The van der Waals surface area contributed by atoms with Crippen molar-refractivity contribution in [2.24, 2.45) is 0 Å². The van der Waals surface area contributed by atoms with Crippen molar-refractivity contribution in [3.8, 4) is 0 Å². The first-order valence-corrected chi connectivity index (χ1v) is 4.97. The Morgan fingerprint density at radius 2 is 1.85 bits per heavy atom. The van der Waals surface area contributed by atoms with Crippen molar-refractivity contribution in [1.82, 2.24) is 5.32 Å². The minimum absolute atomic E-state index is 0. The highest BCUT2D eigenvalue weighted by Gasteiger charge is 2.18. The van der Waals surface area contributed by atoms with Gasteiger partial charge < -0.3 is 5.32 Å². The van der Waals surface area contributed by atoms with E-state index in [-0.39, 0.29) is 13.4 Å². The van der Waals surface area contributed by atoms with Crippen LogP contribution in [0.15, 0.2) is 0 Å². The zero-order valence-corrected chi connectivity index (χ0v) is 8.72. The first-order valence-electron chi connectivity index (χ1n) is 4.97. The van der Waals surface area contributed by atoms with E-state index < -0.39 is 0 Å².